The Balaban J connectivity index is 0.000000612. The quantitative estimate of drug-likeness (QED) is 0.432. The lowest BCUT2D eigenvalue weighted by Crippen LogP contribution is -2.27. The molecule has 1 unspecified atom stereocenters. The first-order valence-electron chi connectivity index (χ1n) is 10.4. The van der Waals surface area contributed by atoms with E-state index >= 15 is 0 Å². The lowest BCUT2D eigenvalue weighted by Gasteiger charge is -2.17. The summed E-state index contributed by atoms with van der Waals surface area (Å²) in [6.07, 6.45) is 6.46. The molecule has 0 aromatic heterocycles. The van der Waals surface area contributed by atoms with Crippen molar-refractivity contribution in [1.82, 2.24) is 0 Å². The molecule has 0 bridgehead atoms. The predicted octanol–water partition coefficient (Wildman–Crippen LogP) is 7.13. The largest absolute Gasteiger partial charge is 0.329 e. The first kappa shape index (κ1) is 25.5. The van der Waals surface area contributed by atoms with Crippen LogP contribution in [0.1, 0.15) is 69.1 Å². The van der Waals surface area contributed by atoms with E-state index in [0.29, 0.717) is 10.0 Å². The Morgan fingerprint density at radius 1 is 1.00 bits per heavy atom. The van der Waals surface area contributed by atoms with Crippen LogP contribution >= 0.6 is 23.2 Å². The molecular formula is C24H34Cl2N2O. The zero-order chi connectivity index (χ0) is 21.8. The molecule has 0 aliphatic heterocycles. The van der Waals surface area contributed by atoms with Crippen molar-refractivity contribution in [2.24, 2.45) is 5.73 Å². The van der Waals surface area contributed by atoms with Gasteiger partial charge in [-0.25, -0.2) is 0 Å². The number of nitrogens with one attached hydrogen (secondary N) is 1. The minimum Gasteiger partial charge on any atom is -0.329 e. The molecule has 3 nitrogen and oxygen atoms in total. The molecule has 0 radical (unpaired) electrons. The number of hydrogen-bond acceptors (Lipinski definition) is 2. The fraction of sp³-hybridized carbons (Fsp3) is 0.458. The number of anilines is 1. The van der Waals surface area contributed by atoms with E-state index in [9.17, 15) is 4.79 Å². The van der Waals surface area contributed by atoms with Crippen molar-refractivity contribution in [3.05, 3.63) is 63.1 Å². The zero-order valence-corrected chi connectivity index (χ0v) is 19.5. The molecule has 3 N–H and O–H groups in total. The number of benzene rings is 2. The molecule has 29 heavy (non-hydrogen) atoms. The number of nitrogens with two attached hydrogens (primary N) is 1. The van der Waals surface area contributed by atoms with E-state index < -0.39 is 5.92 Å². The van der Waals surface area contributed by atoms with Gasteiger partial charge in [-0.15, -0.1) is 0 Å². The highest BCUT2D eigenvalue weighted by molar-refractivity contribution is 6.42. The summed E-state index contributed by atoms with van der Waals surface area (Å²) in [6, 6.07) is 11.0. The molecule has 2 aromatic carbocycles. The van der Waals surface area contributed by atoms with Gasteiger partial charge >= 0.3 is 0 Å². The van der Waals surface area contributed by atoms with E-state index in [1.54, 1.807) is 18.2 Å². The second kappa shape index (κ2) is 13.6. The Morgan fingerprint density at radius 3 is 2.17 bits per heavy atom. The molecule has 2 rings (SSSR count). The third-order valence-corrected chi connectivity index (χ3v) is 5.59. The highest BCUT2D eigenvalue weighted by Gasteiger charge is 2.20. The van der Waals surface area contributed by atoms with Crippen LogP contribution in [-0.4, -0.2) is 12.5 Å². The predicted molar refractivity (Wildman–Crippen MR) is 127 cm³/mol. The number of carbonyl (C=O) groups excluding carboxylic acids is 1. The van der Waals surface area contributed by atoms with E-state index in [1.165, 1.54) is 36.8 Å². The lowest BCUT2D eigenvalue weighted by atomic mass is 9.98. The number of unbranched alkanes of at least 4 members (excludes halogenated alkanes) is 3. The number of halogens is 2. The summed E-state index contributed by atoms with van der Waals surface area (Å²) >= 11 is 12.0. The first-order valence-corrected chi connectivity index (χ1v) is 11.2. The molecule has 2 aromatic rings. The minimum atomic E-state index is -0.476. The Kier molecular flexibility index (Phi) is 12.0. The van der Waals surface area contributed by atoms with Gasteiger partial charge in [-0.1, -0.05) is 81.8 Å². The first-order chi connectivity index (χ1) is 13.9. The van der Waals surface area contributed by atoms with Crippen LogP contribution in [0.25, 0.3) is 0 Å². The summed E-state index contributed by atoms with van der Waals surface area (Å²) in [4.78, 5) is 12.6. The molecule has 0 aliphatic rings. The van der Waals surface area contributed by atoms with Crippen molar-refractivity contribution in [3.63, 3.8) is 0 Å². The fourth-order valence-electron chi connectivity index (χ4n) is 2.98. The van der Waals surface area contributed by atoms with Crippen molar-refractivity contribution >= 4 is 34.8 Å². The minimum absolute atomic E-state index is 0.156. The summed E-state index contributed by atoms with van der Waals surface area (Å²) in [6.45, 7) is 8.80. The molecule has 0 aliphatic carbocycles. The second-order valence-corrected chi connectivity index (χ2v) is 7.97. The van der Waals surface area contributed by atoms with Crippen molar-refractivity contribution in [2.75, 3.05) is 11.9 Å². The van der Waals surface area contributed by atoms with E-state index in [4.69, 9.17) is 28.9 Å². The molecule has 1 atom stereocenters. The van der Waals surface area contributed by atoms with Crippen LogP contribution in [0.4, 0.5) is 5.69 Å². The van der Waals surface area contributed by atoms with Crippen molar-refractivity contribution < 1.29 is 4.79 Å². The summed E-state index contributed by atoms with van der Waals surface area (Å²) in [7, 11) is 0. The summed E-state index contributed by atoms with van der Waals surface area (Å²) in [5, 5.41) is 3.80. The van der Waals surface area contributed by atoms with Crippen molar-refractivity contribution in [2.45, 2.75) is 65.7 Å². The van der Waals surface area contributed by atoms with Gasteiger partial charge in [0.25, 0.3) is 0 Å². The van der Waals surface area contributed by atoms with E-state index in [1.807, 2.05) is 18.2 Å². The van der Waals surface area contributed by atoms with Crippen LogP contribution < -0.4 is 11.1 Å². The van der Waals surface area contributed by atoms with Crippen LogP contribution in [0.3, 0.4) is 0 Å². The fourth-order valence-corrected chi connectivity index (χ4v) is 3.29. The highest BCUT2D eigenvalue weighted by Crippen LogP contribution is 2.27. The number of rotatable bonds is 8. The Labute approximate surface area is 186 Å². The van der Waals surface area contributed by atoms with Gasteiger partial charge in [0.15, 0.2) is 0 Å². The molecule has 0 saturated carbocycles. The molecule has 0 heterocycles. The van der Waals surface area contributed by atoms with Gasteiger partial charge in [-0.05, 0) is 54.3 Å². The second-order valence-electron chi connectivity index (χ2n) is 7.15. The van der Waals surface area contributed by atoms with Gasteiger partial charge in [0.1, 0.15) is 0 Å². The highest BCUT2D eigenvalue weighted by atomic mass is 35.5. The van der Waals surface area contributed by atoms with Crippen molar-refractivity contribution in [1.29, 1.82) is 0 Å². The number of hydrogen-bond donors (Lipinski definition) is 2. The maximum Gasteiger partial charge on any atom is 0.233 e. The zero-order valence-electron chi connectivity index (χ0n) is 18.0. The van der Waals surface area contributed by atoms with Gasteiger partial charge < -0.3 is 11.1 Å². The normalized spacial score (nSPS) is 11.4. The monoisotopic (exact) mass is 436 g/mol. The van der Waals surface area contributed by atoms with Gasteiger partial charge in [0, 0.05) is 12.2 Å². The van der Waals surface area contributed by atoms with Gasteiger partial charge in [-0.3, -0.25) is 4.79 Å². The Bertz CT molecular complexity index is 773. The number of amides is 1. The van der Waals surface area contributed by atoms with Crippen LogP contribution in [0.15, 0.2) is 36.4 Å². The van der Waals surface area contributed by atoms with Gasteiger partial charge in [-0.2, -0.15) is 0 Å². The summed E-state index contributed by atoms with van der Waals surface area (Å²) in [5.41, 5.74) is 9.74. The van der Waals surface area contributed by atoms with Crippen molar-refractivity contribution in [3.8, 4) is 0 Å². The van der Waals surface area contributed by atoms with Crippen LogP contribution in [0.5, 0.6) is 0 Å². The molecule has 5 heteroatoms. The third kappa shape index (κ3) is 8.38. The molecular weight excluding hydrogens is 403 g/mol. The van der Waals surface area contributed by atoms with Gasteiger partial charge in [0.2, 0.25) is 5.91 Å². The molecule has 0 spiro atoms. The molecule has 1 amide bonds. The smallest absolute Gasteiger partial charge is 0.233 e. The topological polar surface area (TPSA) is 55.1 Å². The molecule has 0 saturated heterocycles. The SMILES string of the molecule is CCCCCC.CCc1cc(NC(=O)C(CN)c2ccc(Cl)c(Cl)c2)ccc1C. The number of carbonyl (C=O) groups is 1. The van der Waals surface area contributed by atoms with Crippen LogP contribution in [-0.2, 0) is 11.2 Å². The van der Waals surface area contributed by atoms with Gasteiger partial charge in [0.05, 0.1) is 16.0 Å². The van der Waals surface area contributed by atoms with E-state index in [-0.39, 0.29) is 12.5 Å². The maximum absolute atomic E-state index is 12.6. The summed E-state index contributed by atoms with van der Waals surface area (Å²) in [5.74, 6) is -0.632. The third-order valence-electron chi connectivity index (χ3n) is 4.85. The Hall–Kier alpha value is -1.55. The lowest BCUT2D eigenvalue weighted by molar-refractivity contribution is -0.117. The molecule has 0 fully saturated rings. The number of aryl methyl sites for hydroxylation is 2. The van der Waals surface area contributed by atoms with E-state index in [2.05, 4.69) is 33.0 Å². The van der Waals surface area contributed by atoms with E-state index in [0.717, 1.165) is 17.7 Å². The van der Waals surface area contributed by atoms with Crippen LogP contribution in [0.2, 0.25) is 10.0 Å². The Morgan fingerprint density at radius 2 is 1.66 bits per heavy atom. The standard InChI is InChI=1S/C18H20Cl2N2O.C6H14/c1-3-12-8-14(6-4-11(12)2)22-18(23)15(10-21)13-5-7-16(19)17(20)9-13;1-3-5-6-4-2/h4-9,15H,3,10,21H2,1-2H3,(H,22,23);3-6H2,1-2H3. The maximum atomic E-state index is 12.6. The average molecular weight is 437 g/mol. The average Bonchev–Trinajstić information content (AvgIpc) is 2.71. The molecule has 160 valence electrons. The van der Waals surface area contributed by atoms with Crippen LogP contribution in [0, 0.1) is 6.92 Å². The summed E-state index contributed by atoms with van der Waals surface area (Å²) < 4.78 is 0.